The fourth-order valence-electron chi connectivity index (χ4n) is 2.78. The van der Waals surface area contributed by atoms with Crippen molar-refractivity contribution in [3.05, 3.63) is 34.9 Å². The molecule has 0 bridgehead atoms. The highest BCUT2D eigenvalue weighted by Crippen LogP contribution is 2.24. The third-order valence-electron chi connectivity index (χ3n) is 4.10. The number of carbonyl (C=O) groups is 2. The molecule has 0 radical (unpaired) electrons. The third-order valence-corrected chi connectivity index (χ3v) is 4.34. The molecule has 2 fully saturated rings. The molecule has 1 saturated heterocycles. The minimum absolute atomic E-state index is 0. The van der Waals surface area contributed by atoms with Crippen LogP contribution in [-0.4, -0.2) is 49.1 Å². The lowest BCUT2D eigenvalue weighted by atomic mass is 10.0. The van der Waals surface area contributed by atoms with Gasteiger partial charge in [-0.15, -0.1) is 12.4 Å². The maximum Gasteiger partial charge on any atom is 0.321 e. The molecule has 0 spiro atoms. The highest BCUT2D eigenvalue weighted by molar-refractivity contribution is 6.30. The van der Waals surface area contributed by atoms with E-state index >= 15 is 0 Å². The lowest BCUT2D eigenvalue weighted by Gasteiger charge is -2.36. The number of carbonyl (C=O) groups excluding carboxylic acids is 2. The van der Waals surface area contributed by atoms with Gasteiger partial charge in [0.1, 0.15) is 0 Å². The first-order valence-electron chi connectivity index (χ1n) is 7.92. The normalized spacial score (nSPS) is 20.8. The summed E-state index contributed by atoms with van der Waals surface area (Å²) in [6.45, 7) is 2.51. The Kier molecular flexibility index (Phi) is 6.86. The highest BCUT2D eigenvalue weighted by Gasteiger charge is 2.27. The zero-order chi connectivity index (χ0) is 16.2. The van der Waals surface area contributed by atoms with Crippen LogP contribution in [0, 0.1) is 0 Å². The second-order valence-corrected chi connectivity index (χ2v) is 6.48. The maximum absolute atomic E-state index is 12.1. The van der Waals surface area contributed by atoms with Crippen LogP contribution < -0.4 is 16.0 Å². The molecule has 2 aliphatic rings. The third kappa shape index (κ3) is 5.34. The molecule has 6 nitrogen and oxygen atoms in total. The van der Waals surface area contributed by atoms with Gasteiger partial charge in [0.2, 0.25) is 5.91 Å². The smallest absolute Gasteiger partial charge is 0.321 e. The lowest BCUT2D eigenvalue weighted by molar-refractivity contribution is -0.122. The number of amides is 3. The van der Waals surface area contributed by atoms with E-state index in [9.17, 15) is 9.59 Å². The van der Waals surface area contributed by atoms with Crippen molar-refractivity contribution in [3.8, 4) is 0 Å². The number of hydrogen-bond donors (Lipinski definition) is 3. The molecule has 0 aromatic heterocycles. The van der Waals surface area contributed by atoms with Crippen LogP contribution >= 0.6 is 24.0 Å². The van der Waals surface area contributed by atoms with E-state index in [0.717, 1.165) is 38.0 Å². The lowest BCUT2D eigenvalue weighted by Crippen LogP contribution is -2.51. The van der Waals surface area contributed by atoms with Crippen LogP contribution in [0.1, 0.15) is 24.4 Å². The molecule has 1 saturated carbocycles. The van der Waals surface area contributed by atoms with Gasteiger partial charge in [-0.1, -0.05) is 23.7 Å². The maximum atomic E-state index is 12.1. The highest BCUT2D eigenvalue weighted by atomic mass is 35.5. The van der Waals surface area contributed by atoms with Crippen molar-refractivity contribution in [2.24, 2.45) is 0 Å². The standard InChI is InChI=1S/C16H21ClN4O2.ClH/c17-12-3-1-2-11(8-12)14-9-18-6-7-21(14)10-15(22)20-16(23)19-13-4-5-13;/h1-3,8,13-14,18H,4-7,9-10H2,(H2,19,20,22,23);1H. The Morgan fingerprint density at radius 1 is 1.33 bits per heavy atom. The molecule has 132 valence electrons. The zero-order valence-electron chi connectivity index (χ0n) is 13.3. The van der Waals surface area contributed by atoms with E-state index in [1.807, 2.05) is 24.3 Å². The molecule has 1 heterocycles. The van der Waals surface area contributed by atoms with Crippen molar-refractivity contribution in [2.45, 2.75) is 24.9 Å². The Morgan fingerprint density at radius 3 is 2.83 bits per heavy atom. The van der Waals surface area contributed by atoms with Gasteiger partial charge in [-0.05, 0) is 30.5 Å². The Labute approximate surface area is 152 Å². The molecule has 3 amide bonds. The van der Waals surface area contributed by atoms with Crippen molar-refractivity contribution in [1.29, 1.82) is 0 Å². The fraction of sp³-hybridized carbons (Fsp3) is 0.500. The van der Waals surface area contributed by atoms with Crippen LogP contribution in [0.2, 0.25) is 5.02 Å². The summed E-state index contributed by atoms with van der Waals surface area (Å²) in [7, 11) is 0. The average molecular weight is 373 g/mol. The molecule has 1 unspecified atom stereocenters. The number of halogens is 2. The SMILES string of the molecule is Cl.O=C(CN1CCNCC1c1cccc(Cl)c1)NC(=O)NC1CC1. The van der Waals surface area contributed by atoms with Gasteiger partial charge in [-0.3, -0.25) is 15.0 Å². The van der Waals surface area contributed by atoms with Gasteiger partial charge in [0.25, 0.3) is 0 Å². The largest absolute Gasteiger partial charge is 0.335 e. The van der Waals surface area contributed by atoms with Crippen LogP contribution in [0.15, 0.2) is 24.3 Å². The monoisotopic (exact) mass is 372 g/mol. The summed E-state index contributed by atoms with van der Waals surface area (Å²) in [4.78, 5) is 25.8. The number of rotatable bonds is 4. The van der Waals surface area contributed by atoms with E-state index in [1.54, 1.807) is 0 Å². The Hall–Kier alpha value is -1.34. The van der Waals surface area contributed by atoms with E-state index in [1.165, 1.54) is 0 Å². The summed E-state index contributed by atoms with van der Waals surface area (Å²) < 4.78 is 0. The van der Waals surface area contributed by atoms with Gasteiger partial charge < -0.3 is 10.6 Å². The first-order valence-corrected chi connectivity index (χ1v) is 8.30. The van der Waals surface area contributed by atoms with E-state index in [4.69, 9.17) is 11.6 Å². The summed E-state index contributed by atoms with van der Waals surface area (Å²) in [5.41, 5.74) is 1.07. The van der Waals surface area contributed by atoms with Crippen molar-refractivity contribution in [3.63, 3.8) is 0 Å². The van der Waals surface area contributed by atoms with Crippen LogP contribution in [0.25, 0.3) is 0 Å². The molecular formula is C16H22Cl2N4O2. The molecule has 1 aromatic rings. The van der Waals surface area contributed by atoms with Crippen LogP contribution in [0.3, 0.4) is 0 Å². The zero-order valence-corrected chi connectivity index (χ0v) is 14.8. The van der Waals surface area contributed by atoms with Crippen LogP contribution in [-0.2, 0) is 4.79 Å². The van der Waals surface area contributed by atoms with Gasteiger partial charge in [0.05, 0.1) is 6.54 Å². The van der Waals surface area contributed by atoms with Crippen molar-refractivity contribution in [2.75, 3.05) is 26.2 Å². The average Bonchev–Trinajstić information content (AvgIpc) is 3.31. The first kappa shape index (κ1) is 19.0. The summed E-state index contributed by atoms with van der Waals surface area (Å²) >= 11 is 6.07. The number of nitrogens with zero attached hydrogens (tertiary/aromatic N) is 1. The van der Waals surface area contributed by atoms with Crippen LogP contribution in [0.4, 0.5) is 4.79 Å². The van der Waals surface area contributed by atoms with Gasteiger partial charge in [0.15, 0.2) is 0 Å². The number of piperazine rings is 1. The Bertz CT molecular complexity index is 595. The Balaban J connectivity index is 0.00000208. The molecule has 3 rings (SSSR count). The van der Waals surface area contributed by atoms with E-state index in [0.29, 0.717) is 5.02 Å². The minimum Gasteiger partial charge on any atom is -0.335 e. The summed E-state index contributed by atoms with van der Waals surface area (Å²) in [6.07, 6.45) is 1.99. The minimum atomic E-state index is -0.396. The number of benzene rings is 1. The Morgan fingerprint density at radius 2 is 2.12 bits per heavy atom. The van der Waals surface area contributed by atoms with E-state index in [-0.39, 0.29) is 36.9 Å². The molecule has 1 aromatic carbocycles. The second kappa shape index (κ2) is 8.67. The summed E-state index contributed by atoms with van der Waals surface area (Å²) in [5.74, 6) is -0.280. The molecule has 24 heavy (non-hydrogen) atoms. The van der Waals surface area contributed by atoms with Gasteiger partial charge in [0, 0.05) is 36.7 Å². The summed E-state index contributed by atoms with van der Waals surface area (Å²) in [5, 5.41) is 9.18. The molecule has 1 aliphatic carbocycles. The predicted octanol–water partition coefficient (Wildman–Crippen LogP) is 1.70. The van der Waals surface area contributed by atoms with Gasteiger partial charge in [-0.25, -0.2) is 4.79 Å². The van der Waals surface area contributed by atoms with E-state index in [2.05, 4.69) is 20.9 Å². The molecule has 1 atom stereocenters. The van der Waals surface area contributed by atoms with E-state index < -0.39 is 6.03 Å². The molecule has 3 N–H and O–H groups in total. The molecule has 1 aliphatic heterocycles. The number of urea groups is 1. The van der Waals surface area contributed by atoms with Crippen LogP contribution in [0.5, 0.6) is 0 Å². The van der Waals surface area contributed by atoms with Gasteiger partial charge >= 0.3 is 6.03 Å². The molecular weight excluding hydrogens is 351 g/mol. The number of hydrogen-bond acceptors (Lipinski definition) is 4. The number of imide groups is 1. The molecule has 8 heteroatoms. The summed E-state index contributed by atoms with van der Waals surface area (Å²) in [6, 6.07) is 7.58. The second-order valence-electron chi connectivity index (χ2n) is 6.04. The predicted molar refractivity (Wildman–Crippen MR) is 95.6 cm³/mol. The van der Waals surface area contributed by atoms with Crippen molar-refractivity contribution < 1.29 is 9.59 Å². The van der Waals surface area contributed by atoms with Crippen molar-refractivity contribution in [1.82, 2.24) is 20.9 Å². The van der Waals surface area contributed by atoms with Gasteiger partial charge in [-0.2, -0.15) is 0 Å². The first-order chi connectivity index (χ1) is 11.1. The quantitative estimate of drug-likeness (QED) is 0.751. The number of nitrogens with one attached hydrogen (secondary N) is 3. The topological polar surface area (TPSA) is 73.5 Å². The fourth-order valence-corrected chi connectivity index (χ4v) is 2.98. The van der Waals surface area contributed by atoms with Crippen molar-refractivity contribution >= 4 is 35.9 Å².